The third kappa shape index (κ3) is 6.56. The second-order valence-electron chi connectivity index (χ2n) is 6.28. The molecule has 0 radical (unpaired) electrons. The zero-order valence-corrected chi connectivity index (χ0v) is 15.0. The van der Waals surface area contributed by atoms with Crippen LogP contribution in [0.5, 0.6) is 0 Å². The molecular formula is C16H26ClN3O3. The van der Waals surface area contributed by atoms with E-state index >= 15 is 0 Å². The van der Waals surface area contributed by atoms with E-state index in [0.717, 1.165) is 5.56 Å². The SMILES string of the molecule is COCC(N)C(=O)Nc1ccc(C)c(NC(=O)C(C)(C)C)c1.Cl. The molecule has 4 N–H and O–H groups in total. The molecule has 0 aliphatic rings. The monoisotopic (exact) mass is 343 g/mol. The van der Waals surface area contributed by atoms with E-state index in [0.29, 0.717) is 11.4 Å². The van der Waals surface area contributed by atoms with Gasteiger partial charge in [-0.3, -0.25) is 9.59 Å². The van der Waals surface area contributed by atoms with Crippen molar-refractivity contribution in [3.05, 3.63) is 23.8 Å². The number of aryl methyl sites for hydroxylation is 1. The highest BCUT2D eigenvalue weighted by Gasteiger charge is 2.22. The Labute approximate surface area is 143 Å². The summed E-state index contributed by atoms with van der Waals surface area (Å²) in [7, 11) is 1.49. The molecule has 7 heteroatoms. The lowest BCUT2D eigenvalue weighted by Crippen LogP contribution is -2.39. The number of ether oxygens (including phenoxy) is 1. The summed E-state index contributed by atoms with van der Waals surface area (Å²) in [6, 6.07) is 4.57. The molecule has 0 aliphatic carbocycles. The number of carbonyl (C=O) groups excluding carboxylic acids is 2. The molecule has 0 aromatic heterocycles. The van der Waals surface area contributed by atoms with Crippen molar-refractivity contribution >= 4 is 35.6 Å². The van der Waals surface area contributed by atoms with Gasteiger partial charge >= 0.3 is 0 Å². The van der Waals surface area contributed by atoms with Gasteiger partial charge in [0.2, 0.25) is 11.8 Å². The molecule has 6 nitrogen and oxygen atoms in total. The Bertz CT molecular complexity index is 556. The van der Waals surface area contributed by atoms with Crippen molar-refractivity contribution in [1.82, 2.24) is 0 Å². The van der Waals surface area contributed by atoms with Gasteiger partial charge in [-0.2, -0.15) is 0 Å². The Kier molecular flexibility index (Phi) is 8.23. The largest absolute Gasteiger partial charge is 0.383 e. The smallest absolute Gasteiger partial charge is 0.243 e. The minimum absolute atomic E-state index is 0. The summed E-state index contributed by atoms with van der Waals surface area (Å²) in [6.45, 7) is 7.55. The summed E-state index contributed by atoms with van der Waals surface area (Å²) in [5.41, 5.74) is 7.33. The molecule has 1 aromatic rings. The summed E-state index contributed by atoms with van der Waals surface area (Å²) in [6.07, 6.45) is 0. The predicted molar refractivity (Wildman–Crippen MR) is 95.0 cm³/mol. The van der Waals surface area contributed by atoms with Crippen molar-refractivity contribution in [3.63, 3.8) is 0 Å². The molecule has 130 valence electrons. The van der Waals surface area contributed by atoms with Crippen molar-refractivity contribution in [2.75, 3.05) is 24.4 Å². The lowest BCUT2D eigenvalue weighted by atomic mass is 9.95. The molecule has 1 unspecified atom stereocenters. The van der Waals surface area contributed by atoms with Gasteiger partial charge in [0.1, 0.15) is 6.04 Å². The number of benzene rings is 1. The van der Waals surface area contributed by atoms with Gasteiger partial charge in [-0.15, -0.1) is 12.4 Å². The highest BCUT2D eigenvalue weighted by molar-refractivity contribution is 5.98. The first-order valence-electron chi connectivity index (χ1n) is 7.12. The summed E-state index contributed by atoms with van der Waals surface area (Å²) in [5.74, 6) is -0.422. The minimum atomic E-state index is -0.737. The van der Waals surface area contributed by atoms with Gasteiger partial charge < -0.3 is 21.1 Å². The van der Waals surface area contributed by atoms with Gasteiger partial charge in [-0.05, 0) is 24.6 Å². The molecule has 1 atom stereocenters. The Morgan fingerprint density at radius 3 is 2.39 bits per heavy atom. The maximum atomic E-state index is 12.1. The molecule has 0 bridgehead atoms. The normalized spacial score (nSPS) is 12.1. The fourth-order valence-corrected chi connectivity index (χ4v) is 1.63. The Balaban J connectivity index is 0.00000484. The van der Waals surface area contributed by atoms with Crippen molar-refractivity contribution in [1.29, 1.82) is 0 Å². The van der Waals surface area contributed by atoms with Crippen LogP contribution in [0, 0.1) is 12.3 Å². The number of halogens is 1. The fourth-order valence-electron chi connectivity index (χ4n) is 1.63. The molecule has 0 aliphatic heterocycles. The summed E-state index contributed by atoms with van der Waals surface area (Å²) >= 11 is 0. The number of hydrogen-bond acceptors (Lipinski definition) is 4. The number of nitrogens with one attached hydrogen (secondary N) is 2. The van der Waals surface area contributed by atoms with Crippen LogP contribution in [0.15, 0.2) is 18.2 Å². The van der Waals surface area contributed by atoms with E-state index in [1.807, 2.05) is 33.8 Å². The van der Waals surface area contributed by atoms with Crippen molar-refractivity contribution in [2.45, 2.75) is 33.7 Å². The van der Waals surface area contributed by atoms with Crippen LogP contribution in [0.4, 0.5) is 11.4 Å². The quantitative estimate of drug-likeness (QED) is 0.764. The van der Waals surface area contributed by atoms with E-state index in [1.54, 1.807) is 12.1 Å². The maximum absolute atomic E-state index is 12.1. The lowest BCUT2D eigenvalue weighted by molar-refractivity contribution is -0.123. The van der Waals surface area contributed by atoms with Gasteiger partial charge in [0.25, 0.3) is 0 Å². The Hall–Kier alpha value is -1.63. The molecule has 0 saturated carbocycles. The number of nitrogens with two attached hydrogens (primary N) is 1. The average molecular weight is 344 g/mol. The molecule has 2 amide bonds. The zero-order valence-electron chi connectivity index (χ0n) is 14.2. The topological polar surface area (TPSA) is 93.4 Å². The third-order valence-electron chi connectivity index (χ3n) is 3.12. The molecule has 0 heterocycles. The fraction of sp³-hybridized carbons (Fsp3) is 0.500. The van der Waals surface area contributed by atoms with Gasteiger partial charge in [-0.1, -0.05) is 26.8 Å². The van der Waals surface area contributed by atoms with E-state index in [1.165, 1.54) is 7.11 Å². The summed E-state index contributed by atoms with van der Waals surface area (Å²) in [5, 5.41) is 5.58. The van der Waals surface area contributed by atoms with Crippen molar-refractivity contribution in [3.8, 4) is 0 Å². The average Bonchev–Trinajstić information content (AvgIpc) is 2.41. The molecule has 1 rings (SSSR count). The Morgan fingerprint density at radius 2 is 1.87 bits per heavy atom. The molecule has 23 heavy (non-hydrogen) atoms. The van der Waals surface area contributed by atoms with Crippen molar-refractivity contribution < 1.29 is 14.3 Å². The van der Waals surface area contributed by atoms with E-state index in [9.17, 15) is 9.59 Å². The highest BCUT2D eigenvalue weighted by Crippen LogP contribution is 2.23. The number of amides is 2. The van der Waals surface area contributed by atoms with E-state index in [-0.39, 0.29) is 30.8 Å². The maximum Gasteiger partial charge on any atom is 0.243 e. The first-order chi connectivity index (χ1) is 10.1. The predicted octanol–water partition coefficient (Wildman–Crippen LogP) is 2.31. The van der Waals surface area contributed by atoms with Crippen LogP contribution in [0.1, 0.15) is 26.3 Å². The molecule has 0 saturated heterocycles. The second-order valence-corrected chi connectivity index (χ2v) is 6.28. The standard InChI is InChI=1S/C16H25N3O3.ClH/c1-10-6-7-11(18-14(20)12(17)9-22-5)8-13(10)19-15(21)16(2,3)4;/h6-8,12H,9,17H2,1-5H3,(H,18,20)(H,19,21);1H. The van der Waals surface area contributed by atoms with Crippen LogP contribution in [-0.2, 0) is 14.3 Å². The Morgan fingerprint density at radius 1 is 1.26 bits per heavy atom. The summed E-state index contributed by atoms with van der Waals surface area (Å²) in [4.78, 5) is 24.0. The number of hydrogen-bond donors (Lipinski definition) is 3. The minimum Gasteiger partial charge on any atom is -0.383 e. The highest BCUT2D eigenvalue weighted by atomic mass is 35.5. The van der Waals surface area contributed by atoms with Crippen LogP contribution in [0.2, 0.25) is 0 Å². The number of methoxy groups -OCH3 is 1. The lowest BCUT2D eigenvalue weighted by Gasteiger charge is -2.19. The first-order valence-corrected chi connectivity index (χ1v) is 7.12. The van der Waals surface area contributed by atoms with Crippen molar-refractivity contribution in [2.24, 2.45) is 11.1 Å². The second kappa shape index (κ2) is 8.86. The molecule has 1 aromatic carbocycles. The molecule has 0 fully saturated rings. The first kappa shape index (κ1) is 21.4. The molecular weight excluding hydrogens is 318 g/mol. The van der Waals surface area contributed by atoms with Gasteiger partial charge in [0, 0.05) is 23.9 Å². The molecule has 0 spiro atoms. The van der Waals surface area contributed by atoms with E-state index in [4.69, 9.17) is 10.5 Å². The van der Waals surface area contributed by atoms with Gasteiger partial charge in [-0.25, -0.2) is 0 Å². The van der Waals surface area contributed by atoms with Gasteiger partial charge in [0.05, 0.1) is 6.61 Å². The zero-order chi connectivity index (χ0) is 16.9. The number of carbonyl (C=O) groups is 2. The number of rotatable bonds is 5. The van der Waals surface area contributed by atoms with E-state index < -0.39 is 11.5 Å². The van der Waals surface area contributed by atoms with Crippen LogP contribution in [0.3, 0.4) is 0 Å². The van der Waals surface area contributed by atoms with Crippen LogP contribution >= 0.6 is 12.4 Å². The third-order valence-corrected chi connectivity index (χ3v) is 3.12. The van der Waals surface area contributed by atoms with Crippen LogP contribution in [0.25, 0.3) is 0 Å². The van der Waals surface area contributed by atoms with Crippen LogP contribution < -0.4 is 16.4 Å². The van der Waals surface area contributed by atoms with E-state index in [2.05, 4.69) is 10.6 Å². The van der Waals surface area contributed by atoms with Gasteiger partial charge in [0.15, 0.2) is 0 Å². The summed E-state index contributed by atoms with van der Waals surface area (Å²) < 4.78 is 4.85. The number of anilines is 2. The van der Waals surface area contributed by atoms with Crippen LogP contribution in [-0.4, -0.2) is 31.6 Å².